The lowest BCUT2D eigenvalue weighted by atomic mass is 9.81. The van der Waals surface area contributed by atoms with E-state index in [-0.39, 0.29) is 0 Å². The van der Waals surface area contributed by atoms with Gasteiger partial charge in [0.25, 0.3) is 0 Å². The number of hydrogen-bond donors (Lipinski definition) is 0. The van der Waals surface area contributed by atoms with Crippen molar-refractivity contribution < 1.29 is 4.79 Å². The summed E-state index contributed by atoms with van der Waals surface area (Å²) in [6.07, 6.45) is 4.35. The normalized spacial score (nSPS) is 35.9. The number of thioether (sulfide) groups is 1. The maximum Gasteiger partial charge on any atom is 0.137 e. The van der Waals surface area contributed by atoms with Crippen LogP contribution in [0, 0.1) is 11.8 Å². The van der Waals surface area contributed by atoms with Gasteiger partial charge in [0.05, 0.1) is 0 Å². The van der Waals surface area contributed by atoms with Gasteiger partial charge in [-0.25, -0.2) is 0 Å². The van der Waals surface area contributed by atoms with Crippen LogP contribution in [0.1, 0.15) is 32.6 Å². The molecule has 0 N–H and O–H groups in total. The molecular formula is C13H23NOS. The molecule has 1 aliphatic carbocycles. The Bertz CT molecular complexity index is 250. The fraction of sp³-hybridized carbons (Fsp3) is 0.923. The minimum absolute atomic E-state index is 0.319. The van der Waals surface area contributed by atoms with Crippen LogP contribution in [0.3, 0.4) is 0 Å². The molecule has 0 spiro atoms. The molecule has 1 saturated heterocycles. The van der Waals surface area contributed by atoms with Crippen LogP contribution in [0.5, 0.6) is 0 Å². The first-order valence-corrected chi connectivity index (χ1v) is 7.63. The van der Waals surface area contributed by atoms with Gasteiger partial charge in [0, 0.05) is 30.7 Å². The van der Waals surface area contributed by atoms with Gasteiger partial charge in [-0.2, -0.15) is 11.8 Å². The number of rotatable bonds is 3. The second-order valence-corrected chi connectivity index (χ2v) is 6.65. The molecule has 92 valence electrons. The van der Waals surface area contributed by atoms with E-state index in [0.717, 1.165) is 37.8 Å². The van der Waals surface area contributed by atoms with Gasteiger partial charge in [0.15, 0.2) is 0 Å². The number of carbonyl (C=O) groups excluding carboxylic acids is 1. The van der Waals surface area contributed by atoms with Crippen LogP contribution in [0.2, 0.25) is 0 Å². The first-order chi connectivity index (χ1) is 7.66. The Kier molecular flexibility index (Phi) is 4.31. The highest BCUT2D eigenvalue weighted by Gasteiger charge is 2.29. The van der Waals surface area contributed by atoms with E-state index in [0.29, 0.717) is 11.7 Å². The van der Waals surface area contributed by atoms with Gasteiger partial charge in [-0.1, -0.05) is 6.92 Å². The predicted octanol–water partition coefficient (Wildman–Crippen LogP) is 2.43. The number of carbonyl (C=O) groups is 1. The number of Topliss-reactive ketones (excluding diaryl/α,β-unsaturated/α-hetero) is 1. The Labute approximate surface area is 103 Å². The molecule has 1 aliphatic heterocycles. The molecule has 3 atom stereocenters. The zero-order valence-electron chi connectivity index (χ0n) is 10.4. The zero-order chi connectivity index (χ0) is 11.5. The third-order valence-corrected chi connectivity index (χ3v) is 5.21. The molecule has 2 aliphatic rings. The monoisotopic (exact) mass is 241 g/mol. The predicted molar refractivity (Wildman–Crippen MR) is 69.9 cm³/mol. The maximum absolute atomic E-state index is 11.9. The second kappa shape index (κ2) is 5.54. The fourth-order valence-electron chi connectivity index (χ4n) is 2.87. The van der Waals surface area contributed by atoms with Crippen LogP contribution in [-0.4, -0.2) is 41.8 Å². The number of hydrogen-bond acceptors (Lipinski definition) is 3. The first kappa shape index (κ1) is 12.4. The molecule has 1 saturated carbocycles. The minimum Gasteiger partial charge on any atom is -0.302 e. The van der Waals surface area contributed by atoms with E-state index in [2.05, 4.69) is 18.9 Å². The summed E-state index contributed by atoms with van der Waals surface area (Å²) in [5.74, 6) is 4.13. The lowest BCUT2D eigenvalue weighted by molar-refractivity contribution is -0.126. The maximum atomic E-state index is 11.9. The van der Waals surface area contributed by atoms with Gasteiger partial charge >= 0.3 is 0 Å². The topological polar surface area (TPSA) is 20.3 Å². The number of ketones is 1. The zero-order valence-corrected chi connectivity index (χ0v) is 11.3. The summed E-state index contributed by atoms with van der Waals surface area (Å²) in [5, 5.41) is 0. The van der Waals surface area contributed by atoms with Crippen molar-refractivity contribution in [3.05, 3.63) is 0 Å². The van der Waals surface area contributed by atoms with Crippen LogP contribution in [0.4, 0.5) is 0 Å². The SMILES string of the molecule is CC1CCC(=O)C(CN(C)C2CCSC2)C1. The van der Waals surface area contributed by atoms with E-state index >= 15 is 0 Å². The summed E-state index contributed by atoms with van der Waals surface area (Å²) >= 11 is 2.05. The van der Waals surface area contributed by atoms with Crippen molar-refractivity contribution in [2.24, 2.45) is 11.8 Å². The highest BCUT2D eigenvalue weighted by atomic mass is 32.2. The Morgan fingerprint density at radius 2 is 2.25 bits per heavy atom. The van der Waals surface area contributed by atoms with Crippen LogP contribution in [0.15, 0.2) is 0 Å². The highest BCUT2D eigenvalue weighted by molar-refractivity contribution is 7.99. The highest BCUT2D eigenvalue weighted by Crippen LogP contribution is 2.28. The molecule has 2 fully saturated rings. The quantitative estimate of drug-likeness (QED) is 0.757. The van der Waals surface area contributed by atoms with Crippen LogP contribution >= 0.6 is 11.8 Å². The summed E-state index contributed by atoms with van der Waals surface area (Å²) in [4.78, 5) is 14.3. The van der Waals surface area contributed by atoms with E-state index in [9.17, 15) is 4.79 Å². The van der Waals surface area contributed by atoms with Gasteiger partial charge in [-0.15, -0.1) is 0 Å². The van der Waals surface area contributed by atoms with Crippen molar-refractivity contribution in [1.29, 1.82) is 0 Å². The molecule has 0 aromatic rings. The summed E-state index contributed by atoms with van der Waals surface area (Å²) in [6.45, 7) is 3.28. The molecule has 0 bridgehead atoms. The van der Waals surface area contributed by atoms with Crippen molar-refractivity contribution in [2.75, 3.05) is 25.1 Å². The third kappa shape index (κ3) is 3.01. The van der Waals surface area contributed by atoms with Crippen molar-refractivity contribution in [2.45, 2.75) is 38.6 Å². The van der Waals surface area contributed by atoms with Gasteiger partial charge in [0.1, 0.15) is 5.78 Å². The van der Waals surface area contributed by atoms with E-state index in [1.54, 1.807) is 0 Å². The number of nitrogens with zero attached hydrogens (tertiary/aromatic N) is 1. The summed E-state index contributed by atoms with van der Waals surface area (Å²) in [7, 11) is 2.20. The molecule has 3 heteroatoms. The van der Waals surface area contributed by atoms with Crippen LogP contribution in [-0.2, 0) is 4.79 Å². The van der Waals surface area contributed by atoms with Gasteiger partial charge in [-0.3, -0.25) is 4.79 Å². The molecule has 0 aromatic carbocycles. The lowest BCUT2D eigenvalue weighted by Gasteiger charge is -2.31. The second-order valence-electron chi connectivity index (χ2n) is 5.50. The van der Waals surface area contributed by atoms with E-state index in [1.807, 2.05) is 11.8 Å². The molecule has 0 aromatic heterocycles. The van der Waals surface area contributed by atoms with Crippen molar-refractivity contribution in [1.82, 2.24) is 4.90 Å². The molecule has 16 heavy (non-hydrogen) atoms. The smallest absolute Gasteiger partial charge is 0.137 e. The molecular weight excluding hydrogens is 218 g/mol. The molecule has 1 heterocycles. The molecule has 2 rings (SSSR count). The van der Waals surface area contributed by atoms with Gasteiger partial charge in [0.2, 0.25) is 0 Å². The van der Waals surface area contributed by atoms with E-state index in [1.165, 1.54) is 17.9 Å². The molecule has 3 unspecified atom stereocenters. The Morgan fingerprint density at radius 3 is 2.94 bits per heavy atom. The molecule has 0 radical (unpaired) electrons. The Hall–Kier alpha value is -0.0200. The fourth-order valence-corrected chi connectivity index (χ4v) is 4.17. The minimum atomic E-state index is 0.319. The Morgan fingerprint density at radius 1 is 1.44 bits per heavy atom. The van der Waals surface area contributed by atoms with Gasteiger partial charge in [-0.05, 0) is 38.0 Å². The average Bonchev–Trinajstić information content (AvgIpc) is 2.76. The van der Waals surface area contributed by atoms with E-state index < -0.39 is 0 Å². The molecule has 0 amide bonds. The van der Waals surface area contributed by atoms with Crippen molar-refractivity contribution in [3.8, 4) is 0 Å². The summed E-state index contributed by atoms with van der Waals surface area (Å²) in [6, 6.07) is 0.718. The Balaban J connectivity index is 1.84. The lowest BCUT2D eigenvalue weighted by Crippen LogP contribution is -2.39. The van der Waals surface area contributed by atoms with Crippen LogP contribution < -0.4 is 0 Å². The van der Waals surface area contributed by atoms with Crippen molar-refractivity contribution in [3.63, 3.8) is 0 Å². The molecule has 2 nitrogen and oxygen atoms in total. The summed E-state index contributed by atoms with van der Waals surface area (Å²) in [5.41, 5.74) is 0. The standard InChI is InChI=1S/C13H23NOS/c1-10-3-4-13(15)11(7-10)8-14(2)12-5-6-16-9-12/h10-12H,3-9H2,1-2H3. The van der Waals surface area contributed by atoms with E-state index in [4.69, 9.17) is 0 Å². The van der Waals surface area contributed by atoms with Crippen LogP contribution in [0.25, 0.3) is 0 Å². The first-order valence-electron chi connectivity index (χ1n) is 6.47. The summed E-state index contributed by atoms with van der Waals surface area (Å²) < 4.78 is 0. The third-order valence-electron chi connectivity index (χ3n) is 4.06. The largest absolute Gasteiger partial charge is 0.302 e. The van der Waals surface area contributed by atoms with Gasteiger partial charge < -0.3 is 4.90 Å². The van der Waals surface area contributed by atoms with Crippen molar-refractivity contribution >= 4 is 17.5 Å². The average molecular weight is 241 g/mol.